The van der Waals surface area contributed by atoms with Gasteiger partial charge in [0.05, 0.1) is 6.61 Å². The second kappa shape index (κ2) is 16.8. The Morgan fingerprint density at radius 2 is 1.36 bits per heavy atom. The number of hydrogen-bond acceptors (Lipinski definition) is 3. The van der Waals surface area contributed by atoms with Gasteiger partial charge in [0.25, 0.3) is 0 Å². The summed E-state index contributed by atoms with van der Waals surface area (Å²) in [6.07, 6.45) is 14.5. The molecule has 0 aromatic heterocycles. The lowest BCUT2D eigenvalue weighted by Crippen LogP contribution is -2.05. The lowest BCUT2D eigenvalue weighted by atomic mass is 10.0. The summed E-state index contributed by atoms with van der Waals surface area (Å²) >= 11 is 0. The van der Waals surface area contributed by atoms with E-state index in [9.17, 15) is 4.79 Å². The molecule has 0 aliphatic heterocycles. The highest BCUT2D eigenvalue weighted by molar-refractivity contribution is 5.69. The van der Waals surface area contributed by atoms with E-state index < -0.39 is 0 Å². The average molecular weight is 315 g/mol. The van der Waals surface area contributed by atoms with Crippen molar-refractivity contribution in [1.82, 2.24) is 0 Å². The van der Waals surface area contributed by atoms with Gasteiger partial charge in [-0.15, -0.1) is 0 Å². The Labute approximate surface area is 137 Å². The molecule has 0 unspecified atom stereocenters. The summed E-state index contributed by atoms with van der Waals surface area (Å²) in [6.45, 7) is 5.38. The molecule has 0 aromatic rings. The van der Waals surface area contributed by atoms with E-state index in [0.717, 1.165) is 44.4 Å². The van der Waals surface area contributed by atoms with Crippen LogP contribution in [0.25, 0.3) is 0 Å². The third-order valence-corrected chi connectivity index (χ3v) is 3.98. The van der Waals surface area contributed by atoms with Crippen LogP contribution in [0.3, 0.4) is 0 Å². The molecule has 3 heteroatoms. The molecule has 0 rings (SSSR count). The molecule has 0 radical (unpaired) electrons. The molecule has 0 saturated heterocycles. The molecule has 0 bridgehead atoms. The molecule has 0 aromatic carbocycles. The van der Waals surface area contributed by atoms with Gasteiger partial charge in [0.2, 0.25) is 0 Å². The fourth-order valence-electron chi connectivity index (χ4n) is 2.53. The van der Waals surface area contributed by atoms with Crippen LogP contribution in [0.2, 0.25) is 0 Å². The number of hydrogen-bond donors (Lipinski definition) is 1. The predicted molar refractivity (Wildman–Crippen MR) is 92.9 cm³/mol. The Morgan fingerprint density at radius 1 is 0.818 bits per heavy atom. The van der Waals surface area contributed by atoms with Crippen molar-refractivity contribution in [3.05, 3.63) is 0 Å². The molecule has 0 fully saturated rings. The van der Waals surface area contributed by atoms with Crippen LogP contribution in [0.1, 0.15) is 97.3 Å². The van der Waals surface area contributed by atoms with E-state index in [2.05, 4.69) is 13.8 Å². The SMILES string of the molecule is CC(C)CCCCCCCCCC(=O)OCCCCCCO. The van der Waals surface area contributed by atoms with Gasteiger partial charge in [0.15, 0.2) is 0 Å². The van der Waals surface area contributed by atoms with Gasteiger partial charge < -0.3 is 9.84 Å². The van der Waals surface area contributed by atoms with Crippen molar-refractivity contribution in [3.63, 3.8) is 0 Å². The van der Waals surface area contributed by atoms with Gasteiger partial charge >= 0.3 is 5.97 Å². The summed E-state index contributed by atoms with van der Waals surface area (Å²) in [5, 5.41) is 8.65. The Morgan fingerprint density at radius 3 is 2.00 bits per heavy atom. The van der Waals surface area contributed by atoms with Gasteiger partial charge in [0, 0.05) is 13.0 Å². The molecule has 0 aliphatic rings. The average Bonchev–Trinajstić information content (AvgIpc) is 2.48. The predicted octanol–water partition coefficient (Wildman–Crippen LogP) is 5.25. The van der Waals surface area contributed by atoms with E-state index in [1.54, 1.807) is 0 Å². The fourth-order valence-corrected chi connectivity index (χ4v) is 2.53. The van der Waals surface area contributed by atoms with Gasteiger partial charge in [-0.3, -0.25) is 4.79 Å². The van der Waals surface area contributed by atoms with Crippen molar-refractivity contribution in [2.75, 3.05) is 13.2 Å². The van der Waals surface area contributed by atoms with Crippen LogP contribution in [0.4, 0.5) is 0 Å². The van der Waals surface area contributed by atoms with Crippen molar-refractivity contribution in [3.8, 4) is 0 Å². The van der Waals surface area contributed by atoms with Gasteiger partial charge in [-0.1, -0.05) is 65.2 Å². The van der Waals surface area contributed by atoms with Crippen molar-refractivity contribution in [1.29, 1.82) is 0 Å². The molecule has 0 atom stereocenters. The first-order valence-electron chi connectivity index (χ1n) is 9.43. The highest BCUT2D eigenvalue weighted by Crippen LogP contribution is 2.12. The van der Waals surface area contributed by atoms with Crippen molar-refractivity contribution in [2.24, 2.45) is 5.92 Å². The number of carbonyl (C=O) groups excluding carboxylic acids is 1. The van der Waals surface area contributed by atoms with E-state index in [-0.39, 0.29) is 12.6 Å². The largest absolute Gasteiger partial charge is 0.466 e. The number of esters is 1. The zero-order valence-corrected chi connectivity index (χ0v) is 14.9. The normalized spacial score (nSPS) is 11.1. The minimum atomic E-state index is -0.0425. The van der Waals surface area contributed by atoms with Gasteiger partial charge in [-0.05, 0) is 31.6 Å². The molecule has 0 amide bonds. The second-order valence-corrected chi connectivity index (χ2v) is 6.77. The molecule has 0 spiro atoms. The number of aliphatic hydroxyl groups excluding tert-OH is 1. The highest BCUT2D eigenvalue weighted by Gasteiger charge is 2.02. The monoisotopic (exact) mass is 314 g/mol. The minimum Gasteiger partial charge on any atom is -0.466 e. The molecule has 22 heavy (non-hydrogen) atoms. The van der Waals surface area contributed by atoms with Crippen molar-refractivity contribution >= 4 is 5.97 Å². The maximum atomic E-state index is 11.5. The standard InChI is InChI=1S/C19H38O3/c1-18(2)14-10-6-4-3-5-7-11-15-19(21)22-17-13-9-8-12-16-20/h18,20H,3-17H2,1-2H3. The third kappa shape index (κ3) is 17.5. The lowest BCUT2D eigenvalue weighted by Gasteiger charge is -2.05. The maximum Gasteiger partial charge on any atom is 0.305 e. The first-order chi connectivity index (χ1) is 10.7. The first-order valence-corrected chi connectivity index (χ1v) is 9.43. The Bertz CT molecular complexity index is 239. The molecule has 0 heterocycles. The quantitative estimate of drug-likeness (QED) is 0.313. The van der Waals surface area contributed by atoms with E-state index in [1.807, 2.05) is 0 Å². The van der Waals surface area contributed by atoms with Crippen LogP contribution in [0.15, 0.2) is 0 Å². The van der Waals surface area contributed by atoms with Gasteiger partial charge in [-0.25, -0.2) is 0 Å². The summed E-state index contributed by atoms with van der Waals surface area (Å²) in [6, 6.07) is 0. The van der Waals surface area contributed by atoms with Gasteiger partial charge in [0.1, 0.15) is 0 Å². The van der Waals surface area contributed by atoms with Crippen LogP contribution >= 0.6 is 0 Å². The Kier molecular flexibility index (Phi) is 16.4. The van der Waals surface area contributed by atoms with Crippen molar-refractivity contribution < 1.29 is 14.6 Å². The molecule has 3 nitrogen and oxygen atoms in total. The zero-order valence-electron chi connectivity index (χ0n) is 14.9. The third-order valence-electron chi connectivity index (χ3n) is 3.98. The minimum absolute atomic E-state index is 0.0425. The first kappa shape index (κ1) is 21.4. The molecular weight excluding hydrogens is 276 g/mol. The van der Waals surface area contributed by atoms with E-state index in [0.29, 0.717) is 13.0 Å². The molecule has 1 N–H and O–H groups in total. The second-order valence-electron chi connectivity index (χ2n) is 6.77. The summed E-state index contributed by atoms with van der Waals surface area (Å²) < 4.78 is 5.20. The lowest BCUT2D eigenvalue weighted by molar-refractivity contribution is -0.143. The van der Waals surface area contributed by atoms with Crippen LogP contribution in [0.5, 0.6) is 0 Å². The zero-order chi connectivity index (χ0) is 16.5. The maximum absolute atomic E-state index is 11.5. The van der Waals surface area contributed by atoms with Crippen molar-refractivity contribution in [2.45, 2.75) is 97.3 Å². The van der Waals surface area contributed by atoms with Crippen LogP contribution in [-0.2, 0) is 9.53 Å². The van der Waals surface area contributed by atoms with E-state index in [1.165, 1.54) is 38.5 Å². The Balaban J connectivity index is 3.15. The number of aliphatic hydroxyl groups is 1. The molecule has 132 valence electrons. The number of rotatable bonds is 16. The van der Waals surface area contributed by atoms with Gasteiger partial charge in [-0.2, -0.15) is 0 Å². The van der Waals surface area contributed by atoms with E-state index in [4.69, 9.17) is 9.84 Å². The van der Waals surface area contributed by atoms with Crippen LogP contribution in [0, 0.1) is 5.92 Å². The molecule has 0 aliphatic carbocycles. The number of ether oxygens (including phenoxy) is 1. The van der Waals surface area contributed by atoms with Crippen LogP contribution in [-0.4, -0.2) is 24.3 Å². The molecular formula is C19H38O3. The summed E-state index contributed by atoms with van der Waals surface area (Å²) in [5.41, 5.74) is 0. The molecule has 0 saturated carbocycles. The van der Waals surface area contributed by atoms with E-state index >= 15 is 0 Å². The fraction of sp³-hybridized carbons (Fsp3) is 0.947. The smallest absolute Gasteiger partial charge is 0.305 e. The topological polar surface area (TPSA) is 46.5 Å². The summed E-state index contributed by atoms with van der Waals surface area (Å²) in [7, 11) is 0. The van der Waals surface area contributed by atoms with Crippen LogP contribution < -0.4 is 0 Å². The summed E-state index contributed by atoms with van der Waals surface area (Å²) in [4.78, 5) is 11.5. The summed E-state index contributed by atoms with van der Waals surface area (Å²) in [5.74, 6) is 0.791. The Hall–Kier alpha value is -0.570. The highest BCUT2D eigenvalue weighted by atomic mass is 16.5. The number of carbonyl (C=O) groups is 1. The number of unbranched alkanes of at least 4 members (excludes halogenated alkanes) is 9.